The Morgan fingerprint density at radius 2 is 1.85 bits per heavy atom. The Morgan fingerprint density at radius 1 is 1.06 bits per heavy atom. The molecule has 174 valence electrons. The van der Waals surface area contributed by atoms with Crippen LogP contribution in [0.15, 0.2) is 6.07 Å². The third kappa shape index (κ3) is 2.94. The lowest BCUT2D eigenvalue weighted by Gasteiger charge is -2.62. The molecule has 6 rings (SSSR count). The number of nitrogens with zero attached hydrogens (tertiary/aromatic N) is 4. The smallest absolute Gasteiger partial charge is 0.163 e. The van der Waals surface area contributed by atoms with Gasteiger partial charge in [-0.2, -0.15) is 15.6 Å². The SMILES string of the molecule is C[C@H]1CC[C@H]2[C@H](CC[C@@]3(C)C4[C@@H]5C[C@@H]5[C@H](C(=O)Cn5nc(C#N)cc5C#N)[C@@]4(C)CC[C@H]23)C1. The number of hydrogen-bond acceptors (Lipinski definition) is 4. The average molecular weight is 445 g/mol. The number of Topliss-reactive ketones (excluding diaryl/α,β-unsaturated/α-hetero) is 1. The molecule has 5 aliphatic carbocycles. The first-order chi connectivity index (χ1) is 15.8. The van der Waals surface area contributed by atoms with Crippen molar-refractivity contribution in [1.29, 1.82) is 10.5 Å². The van der Waals surface area contributed by atoms with Crippen molar-refractivity contribution in [3.63, 3.8) is 0 Å². The molecular weight excluding hydrogens is 408 g/mol. The van der Waals surface area contributed by atoms with Gasteiger partial charge in [-0.15, -0.1) is 0 Å². The number of rotatable bonds is 3. The first-order valence-corrected chi connectivity index (χ1v) is 13.2. The summed E-state index contributed by atoms with van der Waals surface area (Å²) in [6.45, 7) is 7.61. The molecule has 10 atom stereocenters. The first kappa shape index (κ1) is 21.4. The zero-order valence-corrected chi connectivity index (χ0v) is 20.3. The molecular formula is C28H36N4O. The summed E-state index contributed by atoms with van der Waals surface area (Å²) >= 11 is 0. The van der Waals surface area contributed by atoms with Gasteiger partial charge in [0.05, 0.1) is 0 Å². The van der Waals surface area contributed by atoms with E-state index in [2.05, 4.69) is 31.9 Å². The van der Waals surface area contributed by atoms with E-state index in [4.69, 9.17) is 0 Å². The molecule has 0 radical (unpaired) electrons. The Kier molecular flexibility index (Phi) is 4.65. The Labute approximate surface area is 197 Å². The van der Waals surface area contributed by atoms with E-state index in [0.29, 0.717) is 28.9 Å². The normalized spacial score (nSPS) is 47.3. The van der Waals surface area contributed by atoms with Crippen LogP contribution in [0.1, 0.15) is 83.5 Å². The van der Waals surface area contributed by atoms with Crippen LogP contribution in [0.3, 0.4) is 0 Å². The molecule has 5 saturated carbocycles. The second kappa shape index (κ2) is 7.18. The summed E-state index contributed by atoms with van der Waals surface area (Å²) in [7, 11) is 0. The van der Waals surface area contributed by atoms with Gasteiger partial charge in [-0.05, 0) is 97.2 Å². The maximum absolute atomic E-state index is 13.8. The van der Waals surface area contributed by atoms with Crippen molar-refractivity contribution in [2.24, 2.45) is 58.2 Å². The summed E-state index contributed by atoms with van der Waals surface area (Å²) in [5.41, 5.74) is 0.974. The predicted molar refractivity (Wildman–Crippen MR) is 123 cm³/mol. The molecule has 0 saturated heterocycles. The lowest BCUT2D eigenvalue weighted by atomic mass is 9.42. The molecule has 5 fully saturated rings. The number of aromatic nitrogens is 2. The maximum Gasteiger partial charge on any atom is 0.163 e. The van der Waals surface area contributed by atoms with Crippen molar-refractivity contribution in [3.8, 4) is 12.1 Å². The zero-order chi connectivity index (χ0) is 23.1. The standard InChI is InChI=1S/C28H36N4O/c1-16-4-5-20-17(10-16)6-8-27(2)23(20)7-9-28(3)25(21-12-22(21)26(27)28)24(33)15-32-19(14-30)11-18(13-29)31-32/h11,16-17,20-23,25-26H,4-10,12,15H2,1-3H3/t16-,17+,20-,21-,22+,23+,25+,26?,27+,28+/m0/s1. The van der Waals surface area contributed by atoms with E-state index in [1.54, 1.807) is 0 Å². The number of carbonyl (C=O) groups excluding carboxylic acids is 1. The largest absolute Gasteiger partial charge is 0.297 e. The first-order valence-electron chi connectivity index (χ1n) is 13.2. The minimum absolute atomic E-state index is 0.0722. The van der Waals surface area contributed by atoms with Gasteiger partial charge >= 0.3 is 0 Å². The van der Waals surface area contributed by atoms with Gasteiger partial charge in [0.25, 0.3) is 0 Å². The van der Waals surface area contributed by atoms with Gasteiger partial charge in [0.2, 0.25) is 0 Å². The molecule has 0 amide bonds. The van der Waals surface area contributed by atoms with Gasteiger partial charge in [-0.1, -0.05) is 27.2 Å². The molecule has 0 N–H and O–H groups in total. The van der Waals surface area contributed by atoms with Gasteiger partial charge in [0.15, 0.2) is 11.5 Å². The van der Waals surface area contributed by atoms with Crippen molar-refractivity contribution >= 4 is 5.78 Å². The molecule has 33 heavy (non-hydrogen) atoms. The van der Waals surface area contributed by atoms with Crippen LogP contribution in [-0.2, 0) is 11.3 Å². The summed E-state index contributed by atoms with van der Waals surface area (Å²) in [5.74, 6) is 5.77. The van der Waals surface area contributed by atoms with Gasteiger partial charge in [-0.3, -0.25) is 4.79 Å². The summed E-state index contributed by atoms with van der Waals surface area (Å²) < 4.78 is 1.47. The van der Waals surface area contributed by atoms with E-state index in [9.17, 15) is 15.3 Å². The topological polar surface area (TPSA) is 82.5 Å². The zero-order valence-electron chi connectivity index (χ0n) is 20.3. The Balaban J connectivity index is 1.28. The van der Waals surface area contributed by atoms with Gasteiger partial charge in [0.1, 0.15) is 24.4 Å². The fraction of sp³-hybridized carbons (Fsp3) is 0.786. The maximum atomic E-state index is 13.8. The van der Waals surface area contributed by atoms with Crippen LogP contribution in [0, 0.1) is 80.8 Å². The van der Waals surface area contributed by atoms with E-state index in [0.717, 1.165) is 23.7 Å². The van der Waals surface area contributed by atoms with E-state index in [1.807, 2.05) is 6.07 Å². The van der Waals surface area contributed by atoms with E-state index in [1.165, 1.54) is 62.1 Å². The molecule has 1 heterocycles. The quantitative estimate of drug-likeness (QED) is 0.629. The lowest BCUT2D eigenvalue weighted by Crippen LogP contribution is -2.56. The minimum atomic E-state index is 0.0722. The highest BCUT2D eigenvalue weighted by Gasteiger charge is 2.73. The van der Waals surface area contributed by atoms with Crippen LogP contribution in [0.25, 0.3) is 0 Å². The molecule has 0 spiro atoms. The fourth-order valence-electron chi connectivity index (χ4n) is 10.2. The second-order valence-electron chi connectivity index (χ2n) is 12.8. The molecule has 0 aliphatic heterocycles. The summed E-state index contributed by atoms with van der Waals surface area (Å²) in [6, 6.07) is 5.59. The highest BCUT2D eigenvalue weighted by molar-refractivity contribution is 5.83. The summed E-state index contributed by atoms with van der Waals surface area (Å²) in [5, 5.41) is 22.8. The minimum Gasteiger partial charge on any atom is -0.297 e. The molecule has 5 aliphatic rings. The van der Waals surface area contributed by atoms with Crippen LogP contribution in [0.2, 0.25) is 0 Å². The van der Waals surface area contributed by atoms with Crippen LogP contribution >= 0.6 is 0 Å². The molecule has 1 aromatic rings. The summed E-state index contributed by atoms with van der Waals surface area (Å²) in [6.07, 6.45) is 10.7. The molecule has 0 aromatic carbocycles. The van der Waals surface area contributed by atoms with Gasteiger partial charge in [0, 0.05) is 12.0 Å². The van der Waals surface area contributed by atoms with Crippen molar-refractivity contribution in [1.82, 2.24) is 9.78 Å². The monoisotopic (exact) mass is 444 g/mol. The van der Waals surface area contributed by atoms with Crippen LogP contribution < -0.4 is 0 Å². The molecule has 5 nitrogen and oxygen atoms in total. The van der Waals surface area contributed by atoms with Crippen LogP contribution in [0.4, 0.5) is 0 Å². The Bertz CT molecular complexity index is 1080. The Morgan fingerprint density at radius 3 is 2.61 bits per heavy atom. The van der Waals surface area contributed by atoms with E-state index < -0.39 is 0 Å². The molecule has 1 aromatic heterocycles. The van der Waals surface area contributed by atoms with Gasteiger partial charge in [-0.25, -0.2) is 4.68 Å². The summed E-state index contributed by atoms with van der Waals surface area (Å²) in [4.78, 5) is 13.8. The third-order valence-electron chi connectivity index (χ3n) is 11.3. The van der Waals surface area contributed by atoms with Crippen molar-refractivity contribution in [3.05, 3.63) is 17.5 Å². The number of nitriles is 2. The molecule has 1 unspecified atom stereocenters. The lowest BCUT2D eigenvalue weighted by molar-refractivity contribution is -0.150. The van der Waals surface area contributed by atoms with Gasteiger partial charge < -0.3 is 0 Å². The predicted octanol–water partition coefficient (Wildman–Crippen LogP) is 5.35. The number of hydrogen-bond donors (Lipinski definition) is 0. The number of fused-ring (bicyclic) bond motifs is 7. The highest BCUT2D eigenvalue weighted by Crippen LogP contribution is 2.78. The Hall–Kier alpha value is -2.14. The van der Waals surface area contributed by atoms with Crippen molar-refractivity contribution < 1.29 is 4.79 Å². The highest BCUT2D eigenvalue weighted by atomic mass is 16.1. The average Bonchev–Trinajstić information content (AvgIpc) is 3.32. The van der Waals surface area contributed by atoms with E-state index >= 15 is 0 Å². The van der Waals surface area contributed by atoms with Crippen molar-refractivity contribution in [2.75, 3.05) is 0 Å². The van der Waals surface area contributed by atoms with E-state index in [-0.39, 0.29) is 29.4 Å². The third-order valence-corrected chi connectivity index (χ3v) is 11.3. The van der Waals surface area contributed by atoms with Crippen LogP contribution in [-0.4, -0.2) is 15.6 Å². The van der Waals surface area contributed by atoms with Crippen molar-refractivity contribution in [2.45, 2.75) is 78.7 Å². The van der Waals surface area contributed by atoms with Crippen LogP contribution in [0.5, 0.6) is 0 Å². The number of ketones is 1. The second-order valence-corrected chi connectivity index (χ2v) is 12.8. The number of carbonyl (C=O) groups is 1. The molecule has 5 heteroatoms. The fourth-order valence-corrected chi connectivity index (χ4v) is 10.2. The molecule has 0 bridgehead atoms.